The average Bonchev–Trinajstić information content (AvgIpc) is 3.13. The Labute approximate surface area is 208 Å². The summed E-state index contributed by atoms with van der Waals surface area (Å²) >= 11 is 1.65. The molecule has 2 aliphatic rings. The van der Waals surface area contributed by atoms with Gasteiger partial charge in [-0.25, -0.2) is 9.97 Å². The van der Waals surface area contributed by atoms with Gasteiger partial charge in [-0.2, -0.15) is 0 Å². The molecule has 1 aliphatic heterocycles. The number of hydrogen-bond donors (Lipinski definition) is 0. The molecule has 0 aromatic carbocycles. The number of aromatic nitrogens is 2. The van der Waals surface area contributed by atoms with Crippen LogP contribution in [-0.4, -0.2) is 60.6 Å². The minimum absolute atomic E-state index is 0.386. The number of carbonyl (C=O) groups excluding carboxylic acids is 1. The van der Waals surface area contributed by atoms with Crippen LogP contribution in [0.1, 0.15) is 59.7 Å². The zero-order valence-corrected chi connectivity index (χ0v) is 21.6. The van der Waals surface area contributed by atoms with Gasteiger partial charge in [0.05, 0.1) is 11.6 Å². The lowest BCUT2D eigenvalue weighted by molar-refractivity contribution is -0.119. The number of ketones is 1. The number of thiazole rings is 1. The van der Waals surface area contributed by atoms with E-state index >= 15 is 0 Å². The highest BCUT2D eigenvalue weighted by molar-refractivity contribution is 7.11. The molecule has 0 amide bonds. The molecular formula is C27H39N3O3S. The van der Waals surface area contributed by atoms with Crippen LogP contribution >= 0.6 is 11.3 Å². The summed E-state index contributed by atoms with van der Waals surface area (Å²) in [5.74, 6) is 2.48. The molecule has 1 fully saturated rings. The van der Waals surface area contributed by atoms with Crippen molar-refractivity contribution in [1.82, 2.24) is 14.9 Å². The van der Waals surface area contributed by atoms with Crippen LogP contribution in [0.15, 0.2) is 18.3 Å². The normalized spacial score (nSPS) is 21.1. The zero-order valence-electron chi connectivity index (χ0n) is 20.8. The Morgan fingerprint density at radius 1 is 1.12 bits per heavy atom. The number of carbonyl (C=O) groups is 1. The Balaban J connectivity index is 1.14. The number of nitrogens with zero attached hydrogens (tertiary/aromatic N) is 3. The molecule has 0 spiro atoms. The van der Waals surface area contributed by atoms with Crippen molar-refractivity contribution in [2.24, 2.45) is 11.8 Å². The number of rotatable bonds is 11. The molecule has 3 heterocycles. The highest BCUT2D eigenvalue weighted by atomic mass is 32.1. The summed E-state index contributed by atoms with van der Waals surface area (Å²) < 4.78 is 10.8. The predicted molar refractivity (Wildman–Crippen MR) is 136 cm³/mol. The molecule has 0 bridgehead atoms. The van der Waals surface area contributed by atoms with Crippen molar-refractivity contribution in [3.63, 3.8) is 0 Å². The van der Waals surface area contributed by atoms with Gasteiger partial charge in [0.25, 0.3) is 0 Å². The zero-order chi connectivity index (χ0) is 23.8. The summed E-state index contributed by atoms with van der Waals surface area (Å²) in [5.41, 5.74) is 2.55. The minimum atomic E-state index is 0.386. The van der Waals surface area contributed by atoms with E-state index in [1.54, 1.807) is 18.4 Å². The summed E-state index contributed by atoms with van der Waals surface area (Å²) in [6.45, 7) is 6.47. The van der Waals surface area contributed by atoms with Crippen LogP contribution < -0.4 is 4.74 Å². The largest absolute Gasteiger partial charge is 0.475 e. The fourth-order valence-corrected chi connectivity index (χ4v) is 6.13. The highest BCUT2D eigenvalue weighted by Crippen LogP contribution is 2.33. The maximum atomic E-state index is 12.5. The smallest absolute Gasteiger partial charge is 0.213 e. The first kappa shape index (κ1) is 25.3. The monoisotopic (exact) mass is 485 g/mol. The minimum Gasteiger partial charge on any atom is -0.475 e. The predicted octanol–water partition coefficient (Wildman–Crippen LogP) is 4.67. The SMILES string of the molecule is COCCOc1ccc2c(n1)CCN(CCC1CCC(CC(=O)Cc3cnc(C)s3)CC1)CC2. The fourth-order valence-electron chi connectivity index (χ4n) is 5.31. The van der Waals surface area contributed by atoms with E-state index in [-0.39, 0.29) is 0 Å². The van der Waals surface area contributed by atoms with E-state index in [1.807, 2.05) is 19.2 Å². The van der Waals surface area contributed by atoms with Crippen LogP contribution in [0.4, 0.5) is 0 Å². The highest BCUT2D eigenvalue weighted by Gasteiger charge is 2.24. The van der Waals surface area contributed by atoms with E-state index in [1.165, 1.54) is 49.9 Å². The van der Waals surface area contributed by atoms with Gasteiger partial charge in [-0.3, -0.25) is 4.79 Å². The van der Waals surface area contributed by atoms with Crippen molar-refractivity contribution in [3.05, 3.63) is 39.5 Å². The summed E-state index contributed by atoms with van der Waals surface area (Å²) in [6.07, 6.45) is 11.5. The quantitative estimate of drug-likeness (QED) is 0.431. The average molecular weight is 486 g/mol. The van der Waals surface area contributed by atoms with Gasteiger partial charge >= 0.3 is 0 Å². The Bertz CT molecular complexity index is 924. The number of Topliss-reactive ketones (excluding diaryl/α,β-unsaturated/α-hetero) is 1. The molecule has 34 heavy (non-hydrogen) atoms. The lowest BCUT2D eigenvalue weighted by Gasteiger charge is -2.30. The van der Waals surface area contributed by atoms with E-state index < -0.39 is 0 Å². The molecule has 0 atom stereocenters. The Hall–Kier alpha value is -1.83. The van der Waals surface area contributed by atoms with E-state index in [0.29, 0.717) is 37.2 Å². The van der Waals surface area contributed by atoms with Gasteiger partial charge in [-0.05, 0) is 56.6 Å². The van der Waals surface area contributed by atoms with E-state index in [9.17, 15) is 4.79 Å². The van der Waals surface area contributed by atoms with Crippen molar-refractivity contribution >= 4 is 17.1 Å². The molecular weight excluding hydrogens is 446 g/mol. The first-order chi connectivity index (χ1) is 16.6. The van der Waals surface area contributed by atoms with Crippen molar-refractivity contribution in [2.45, 2.75) is 64.7 Å². The second-order valence-electron chi connectivity index (χ2n) is 9.88. The molecule has 0 radical (unpaired) electrons. The van der Waals surface area contributed by atoms with Gasteiger partial charge in [-0.1, -0.05) is 18.9 Å². The van der Waals surface area contributed by atoms with E-state index in [2.05, 4.69) is 16.0 Å². The van der Waals surface area contributed by atoms with Gasteiger partial charge in [0.1, 0.15) is 12.4 Å². The number of ether oxygens (including phenoxy) is 2. The van der Waals surface area contributed by atoms with Gasteiger partial charge in [0.2, 0.25) is 5.88 Å². The lowest BCUT2D eigenvalue weighted by atomic mass is 9.78. The van der Waals surface area contributed by atoms with Crippen molar-refractivity contribution < 1.29 is 14.3 Å². The third kappa shape index (κ3) is 7.59. The third-order valence-corrected chi connectivity index (χ3v) is 8.23. The van der Waals surface area contributed by atoms with Crippen LogP contribution in [0, 0.1) is 18.8 Å². The lowest BCUT2D eigenvalue weighted by Crippen LogP contribution is -2.29. The summed E-state index contributed by atoms with van der Waals surface area (Å²) in [7, 11) is 1.68. The van der Waals surface area contributed by atoms with Gasteiger partial charge in [-0.15, -0.1) is 11.3 Å². The maximum absolute atomic E-state index is 12.5. The van der Waals surface area contributed by atoms with Crippen LogP contribution in [0.25, 0.3) is 0 Å². The van der Waals surface area contributed by atoms with E-state index in [0.717, 1.165) is 48.2 Å². The Morgan fingerprint density at radius 2 is 1.91 bits per heavy atom. The molecule has 0 unspecified atom stereocenters. The first-order valence-electron chi connectivity index (χ1n) is 12.8. The second-order valence-corrected chi connectivity index (χ2v) is 11.2. The molecule has 1 aliphatic carbocycles. The number of hydrogen-bond acceptors (Lipinski definition) is 7. The van der Waals surface area contributed by atoms with Crippen molar-refractivity contribution in [2.75, 3.05) is 40.0 Å². The van der Waals surface area contributed by atoms with Gasteiger partial charge in [0.15, 0.2) is 0 Å². The number of methoxy groups -OCH3 is 1. The number of fused-ring (bicyclic) bond motifs is 1. The Kier molecular flexibility index (Phi) is 9.48. The number of pyridine rings is 1. The summed E-state index contributed by atoms with van der Waals surface area (Å²) in [5, 5.41) is 1.05. The third-order valence-electron chi connectivity index (χ3n) is 7.32. The maximum Gasteiger partial charge on any atom is 0.213 e. The molecule has 7 heteroatoms. The fraction of sp³-hybridized carbons (Fsp3) is 0.667. The van der Waals surface area contributed by atoms with Crippen LogP contribution in [0.2, 0.25) is 0 Å². The van der Waals surface area contributed by atoms with Crippen LogP contribution in [0.3, 0.4) is 0 Å². The molecule has 1 saturated carbocycles. The summed E-state index contributed by atoms with van der Waals surface area (Å²) in [4.78, 5) is 25.2. The molecule has 0 N–H and O–H groups in total. The van der Waals surface area contributed by atoms with Crippen LogP contribution in [0.5, 0.6) is 5.88 Å². The Morgan fingerprint density at radius 3 is 2.68 bits per heavy atom. The number of aryl methyl sites for hydroxylation is 1. The molecule has 6 nitrogen and oxygen atoms in total. The standard InChI is InChI=1S/C27H39N3O3S/c1-20-28-19-25(34-20)18-24(31)17-22-5-3-21(4-6-22)9-12-30-13-10-23-7-8-27(33-16-15-32-2)29-26(23)11-14-30/h7-8,19,21-22H,3-6,9-18H2,1-2H3. The molecule has 2 aromatic rings. The molecule has 2 aromatic heterocycles. The topological polar surface area (TPSA) is 64.6 Å². The van der Waals surface area contributed by atoms with Gasteiger partial charge in [0, 0.05) is 62.3 Å². The summed E-state index contributed by atoms with van der Waals surface area (Å²) in [6, 6.07) is 4.18. The van der Waals surface area contributed by atoms with Crippen LogP contribution in [-0.2, 0) is 28.8 Å². The molecule has 0 saturated heterocycles. The second kappa shape index (κ2) is 12.8. The molecule has 186 valence electrons. The van der Waals surface area contributed by atoms with Crippen molar-refractivity contribution in [1.29, 1.82) is 0 Å². The van der Waals surface area contributed by atoms with Gasteiger partial charge < -0.3 is 14.4 Å². The molecule has 4 rings (SSSR count). The van der Waals surface area contributed by atoms with Crippen molar-refractivity contribution in [3.8, 4) is 5.88 Å². The van der Waals surface area contributed by atoms with E-state index in [4.69, 9.17) is 14.5 Å². The first-order valence-corrected chi connectivity index (χ1v) is 13.7.